The number of nitrogens with two attached hydrogens (primary N) is 1. The van der Waals surface area contributed by atoms with Crippen LogP contribution in [0.3, 0.4) is 0 Å². The van der Waals surface area contributed by atoms with Crippen LogP contribution in [0.1, 0.15) is 0 Å². The highest BCUT2D eigenvalue weighted by atomic mass is 32.2. The molecule has 1 aromatic carbocycles. The van der Waals surface area contributed by atoms with Gasteiger partial charge in [-0.05, 0) is 30.3 Å². The molecule has 118 valence electrons. The summed E-state index contributed by atoms with van der Waals surface area (Å²) in [5.41, 5.74) is 2.44. The number of methoxy groups -OCH3 is 1. The molecular formula is C15H14N4O2S2. The maximum atomic E-state index is 11.4. The standard InChI is InChI=1S/C15H14N4O2S2/c1-21-14-5-4-11(23(16)20)7-12(14)18-15-19-13(9-22-15)10-3-2-6-17-8-10/h2-9H,16H2,1H3,(H,18,19). The van der Waals surface area contributed by atoms with Crippen molar-refractivity contribution in [3.05, 3.63) is 48.1 Å². The third kappa shape index (κ3) is 3.55. The predicted octanol–water partition coefficient (Wildman–Crippen LogP) is 2.94. The molecule has 2 aromatic heterocycles. The van der Waals surface area contributed by atoms with Gasteiger partial charge in [0.2, 0.25) is 0 Å². The first-order chi connectivity index (χ1) is 11.2. The summed E-state index contributed by atoms with van der Waals surface area (Å²) in [6.45, 7) is 0. The van der Waals surface area contributed by atoms with Crippen LogP contribution in [0.4, 0.5) is 10.8 Å². The van der Waals surface area contributed by atoms with Gasteiger partial charge in [-0.3, -0.25) is 4.98 Å². The Labute approximate surface area is 140 Å². The average molecular weight is 346 g/mol. The number of nitrogens with one attached hydrogen (secondary N) is 1. The summed E-state index contributed by atoms with van der Waals surface area (Å²) in [5, 5.41) is 11.2. The third-order valence-electron chi connectivity index (χ3n) is 3.11. The molecule has 0 aliphatic rings. The minimum atomic E-state index is -1.55. The summed E-state index contributed by atoms with van der Waals surface area (Å²) in [4.78, 5) is 9.13. The monoisotopic (exact) mass is 346 g/mol. The van der Waals surface area contributed by atoms with E-state index in [1.165, 1.54) is 11.3 Å². The zero-order chi connectivity index (χ0) is 16.2. The summed E-state index contributed by atoms with van der Waals surface area (Å²) in [6.07, 6.45) is 3.48. The van der Waals surface area contributed by atoms with Crippen molar-refractivity contribution in [2.75, 3.05) is 12.4 Å². The van der Waals surface area contributed by atoms with E-state index in [0.29, 0.717) is 21.5 Å². The van der Waals surface area contributed by atoms with Crippen molar-refractivity contribution >= 4 is 33.1 Å². The number of pyridine rings is 1. The molecule has 23 heavy (non-hydrogen) atoms. The van der Waals surface area contributed by atoms with Gasteiger partial charge in [0.25, 0.3) is 0 Å². The summed E-state index contributed by atoms with van der Waals surface area (Å²) in [5.74, 6) is 0.623. The van der Waals surface area contributed by atoms with Gasteiger partial charge in [0.15, 0.2) is 5.13 Å². The molecule has 1 atom stereocenters. The van der Waals surface area contributed by atoms with Gasteiger partial charge in [-0.2, -0.15) is 0 Å². The lowest BCUT2D eigenvalue weighted by molar-refractivity contribution is 0.416. The Morgan fingerprint density at radius 2 is 2.22 bits per heavy atom. The number of rotatable bonds is 5. The Morgan fingerprint density at radius 3 is 2.91 bits per heavy atom. The average Bonchev–Trinajstić information content (AvgIpc) is 3.04. The molecule has 0 bridgehead atoms. The number of nitrogens with zero attached hydrogens (tertiary/aromatic N) is 2. The first-order valence-electron chi connectivity index (χ1n) is 6.64. The first-order valence-corrected chi connectivity index (χ1v) is 8.74. The van der Waals surface area contributed by atoms with Crippen molar-refractivity contribution in [1.82, 2.24) is 9.97 Å². The molecule has 8 heteroatoms. The molecule has 3 aromatic rings. The summed E-state index contributed by atoms with van der Waals surface area (Å²) in [7, 11) is 0.0191. The van der Waals surface area contributed by atoms with E-state index in [9.17, 15) is 4.21 Å². The Balaban J connectivity index is 1.89. The van der Waals surface area contributed by atoms with E-state index >= 15 is 0 Å². The van der Waals surface area contributed by atoms with E-state index in [1.54, 1.807) is 37.7 Å². The highest BCUT2D eigenvalue weighted by Crippen LogP contribution is 2.32. The summed E-state index contributed by atoms with van der Waals surface area (Å²) in [6, 6.07) is 8.90. The molecule has 3 N–H and O–H groups in total. The van der Waals surface area contributed by atoms with Crippen molar-refractivity contribution in [1.29, 1.82) is 0 Å². The van der Waals surface area contributed by atoms with E-state index in [0.717, 1.165) is 11.3 Å². The fraction of sp³-hybridized carbons (Fsp3) is 0.0667. The molecule has 1 unspecified atom stereocenters. The second-order valence-corrected chi connectivity index (χ2v) is 6.49. The van der Waals surface area contributed by atoms with Gasteiger partial charge in [0, 0.05) is 23.3 Å². The fourth-order valence-corrected chi connectivity index (χ4v) is 3.17. The van der Waals surface area contributed by atoms with Gasteiger partial charge < -0.3 is 10.1 Å². The fourth-order valence-electron chi connectivity index (χ4n) is 2.00. The first kappa shape index (κ1) is 15.6. The number of benzene rings is 1. The van der Waals surface area contributed by atoms with Crippen molar-refractivity contribution in [2.24, 2.45) is 5.14 Å². The van der Waals surface area contributed by atoms with Gasteiger partial charge in [0.1, 0.15) is 16.7 Å². The number of anilines is 2. The summed E-state index contributed by atoms with van der Waals surface area (Å²) >= 11 is 1.46. The van der Waals surface area contributed by atoms with Gasteiger partial charge in [-0.15, -0.1) is 11.3 Å². The Morgan fingerprint density at radius 1 is 1.35 bits per heavy atom. The number of thiazole rings is 1. The smallest absolute Gasteiger partial charge is 0.187 e. The second kappa shape index (κ2) is 6.86. The lowest BCUT2D eigenvalue weighted by Crippen LogP contribution is -2.04. The molecule has 0 spiro atoms. The Kier molecular flexibility index (Phi) is 4.65. The van der Waals surface area contributed by atoms with Gasteiger partial charge in [-0.1, -0.05) is 0 Å². The zero-order valence-corrected chi connectivity index (χ0v) is 13.9. The van der Waals surface area contributed by atoms with Crippen LogP contribution in [0.5, 0.6) is 5.75 Å². The van der Waals surface area contributed by atoms with E-state index < -0.39 is 11.0 Å². The van der Waals surface area contributed by atoms with E-state index in [1.807, 2.05) is 17.5 Å². The molecule has 0 aliphatic heterocycles. The van der Waals surface area contributed by atoms with Crippen LogP contribution in [0.15, 0.2) is 53.0 Å². The normalized spacial score (nSPS) is 11.9. The van der Waals surface area contributed by atoms with Crippen LogP contribution in [-0.4, -0.2) is 21.3 Å². The van der Waals surface area contributed by atoms with Crippen molar-refractivity contribution in [2.45, 2.75) is 4.90 Å². The van der Waals surface area contributed by atoms with Gasteiger partial charge in [-0.25, -0.2) is 14.3 Å². The van der Waals surface area contributed by atoms with Crippen LogP contribution in [0.2, 0.25) is 0 Å². The van der Waals surface area contributed by atoms with Gasteiger partial charge in [0.05, 0.1) is 23.4 Å². The highest BCUT2D eigenvalue weighted by Gasteiger charge is 2.10. The number of hydrogen-bond donors (Lipinski definition) is 2. The highest BCUT2D eigenvalue weighted by molar-refractivity contribution is 7.82. The SMILES string of the molecule is COc1ccc(S(N)=O)cc1Nc1nc(-c2cccnc2)cs1. The molecule has 0 aliphatic carbocycles. The van der Waals surface area contributed by atoms with Crippen LogP contribution < -0.4 is 15.2 Å². The summed E-state index contributed by atoms with van der Waals surface area (Å²) < 4.78 is 16.7. The zero-order valence-electron chi connectivity index (χ0n) is 12.2. The number of ether oxygens (including phenoxy) is 1. The minimum absolute atomic E-state index is 0.511. The van der Waals surface area contributed by atoms with E-state index in [2.05, 4.69) is 15.3 Å². The molecular weight excluding hydrogens is 332 g/mol. The van der Waals surface area contributed by atoms with Crippen molar-refractivity contribution in [3.63, 3.8) is 0 Å². The second-order valence-electron chi connectivity index (χ2n) is 4.56. The van der Waals surface area contributed by atoms with Crippen molar-refractivity contribution in [3.8, 4) is 17.0 Å². The minimum Gasteiger partial charge on any atom is -0.495 e. The quantitative estimate of drug-likeness (QED) is 0.741. The Hall–Kier alpha value is -2.29. The maximum absolute atomic E-state index is 11.4. The van der Waals surface area contributed by atoms with E-state index in [-0.39, 0.29) is 0 Å². The molecule has 0 amide bonds. The number of hydrogen-bond acceptors (Lipinski definition) is 6. The van der Waals surface area contributed by atoms with Crippen LogP contribution >= 0.6 is 11.3 Å². The lowest BCUT2D eigenvalue weighted by atomic mass is 10.2. The van der Waals surface area contributed by atoms with Crippen LogP contribution in [0, 0.1) is 0 Å². The molecule has 3 rings (SSSR count). The largest absolute Gasteiger partial charge is 0.495 e. The molecule has 0 saturated heterocycles. The van der Waals surface area contributed by atoms with Gasteiger partial charge >= 0.3 is 0 Å². The molecule has 0 radical (unpaired) electrons. The third-order valence-corrected chi connectivity index (χ3v) is 4.58. The molecule has 2 heterocycles. The predicted molar refractivity (Wildman–Crippen MR) is 92.2 cm³/mol. The van der Waals surface area contributed by atoms with Crippen LogP contribution in [0.25, 0.3) is 11.3 Å². The topological polar surface area (TPSA) is 90.1 Å². The Bertz CT molecular complexity index is 837. The molecule has 0 saturated carbocycles. The van der Waals surface area contributed by atoms with Crippen molar-refractivity contribution < 1.29 is 8.95 Å². The maximum Gasteiger partial charge on any atom is 0.187 e. The number of aromatic nitrogens is 2. The molecule has 0 fully saturated rings. The van der Waals surface area contributed by atoms with Crippen LogP contribution in [-0.2, 0) is 11.0 Å². The molecule has 6 nitrogen and oxygen atoms in total. The van der Waals surface area contributed by atoms with E-state index in [4.69, 9.17) is 9.88 Å². The lowest BCUT2D eigenvalue weighted by Gasteiger charge is -2.10.